The number of rotatable bonds is 2. The summed E-state index contributed by atoms with van der Waals surface area (Å²) in [6.45, 7) is 10.3. The second kappa shape index (κ2) is 10.4. The Morgan fingerprint density at radius 1 is 1.15 bits per heavy atom. The highest BCUT2D eigenvalue weighted by Crippen LogP contribution is 2.26. The molecule has 2 rings (SSSR count). The second-order valence-corrected chi connectivity index (χ2v) is 4.36. The van der Waals surface area contributed by atoms with E-state index in [2.05, 4.69) is 16.7 Å². The molecule has 1 aromatic carbocycles. The van der Waals surface area contributed by atoms with Crippen LogP contribution in [0, 0.1) is 0 Å². The Labute approximate surface area is 123 Å². The van der Waals surface area contributed by atoms with Gasteiger partial charge in [0.25, 0.3) is 0 Å². The average molecular weight is 279 g/mol. The van der Waals surface area contributed by atoms with Crippen molar-refractivity contribution in [1.82, 2.24) is 4.90 Å². The Bertz CT molecular complexity index is 373. The van der Waals surface area contributed by atoms with Crippen molar-refractivity contribution in [3.05, 3.63) is 35.4 Å². The summed E-state index contributed by atoms with van der Waals surface area (Å²) >= 11 is 0. The van der Waals surface area contributed by atoms with E-state index in [1.807, 2.05) is 52.0 Å². The third kappa shape index (κ3) is 5.33. The lowest BCUT2D eigenvalue weighted by molar-refractivity contribution is 0.0600. The lowest BCUT2D eigenvalue weighted by atomic mass is 9.97. The number of ether oxygens (including phenoxy) is 1. The van der Waals surface area contributed by atoms with Crippen LogP contribution in [-0.2, 0) is 4.74 Å². The molecule has 3 heteroatoms. The van der Waals surface area contributed by atoms with Crippen LogP contribution in [0.3, 0.4) is 0 Å². The van der Waals surface area contributed by atoms with Crippen LogP contribution in [0.5, 0.6) is 0 Å². The number of benzene rings is 1. The molecule has 1 aliphatic heterocycles. The van der Waals surface area contributed by atoms with Gasteiger partial charge < -0.3 is 9.64 Å². The predicted molar refractivity (Wildman–Crippen MR) is 85.3 cm³/mol. The first kappa shape index (κ1) is 18.7. The number of methoxy groups -OCH3 is 1. The van der Waals surface area contributed by atoms with E-state index in [9.17, 15) is 4.79 Å². The van der Waals surface area contributed by atoms with Crippen LogP contribution in [0.25, 0.3) is 0 Å². The molecule has 1 aromatic rings. The Balaban J connectivity index is 0.000000829. The van der Waals surface area contributed by atoms with Gasteiger partial charge in [-0.1, -0.05) is 39.8 Å². The van der Waals surface area contributed by atoms with Gasteiger partial charge in [-0.25, -0.2) is 4.79 Å². The normalized spacial score (nSPS) is 17.4. The zero-order valence-corrected chi connectivity index (χ0v) is 13.8. The van der Waals surface area contributed by atoms with Gasteiger partial charge in [-0.3, -0.25) is 0 Å². The maximum atomic E-state index is 11.3. The van der Waals surface area contributed by atoms with Gasteiger partial charge in [-0.05, 0) is 43.6 Å². The Morgan fingerprint density at radius 2 is 1.70 bits per heavy atom. The fourth-order valence-electron chi connectivity index (χ4n) is 2.22. The number of hydrogen-bond donors (Lipinski definition) is 0. The van der Waals surface area contributed by atoms with Crippen molar-refractivity contribution < 1.29 is 9.53 Å². The summed E-state index contributed by atoms with van der Waals surface area (Å²) in [7, 11) is 3.55. The fourth-order valence-corrected chi connectivity index (χ4v) is 2.22. The van der Waals surface area contributed by atoms with Gasteiger partial charge in [0.05, 0.1) is 12.7 Å². The lowest BCUT2D eigenvalue weighted by Crippen LogP contribution is -2.13. The molecule has 0 saturated carbocycles. The minimum Gasteiger partial charge on any atom is -0.465 e. The van der Waals surface area contributed by atoms with Crippen LogP contribution >= 0.6 is 0 Å². The Morgan fingerprint density at radius 3 is 2.10 bits per heavy atom. The van der Waals surface area contributed by atoms with Gasteiger partial charge in [-0.2, -0.15) is 0 Å². The summed E-state index contributed by atoms with van der Waals surface area (Å²) in [6, 6.07) is 7.77. The second-order valence-electron chi connectivity index (χ2n) is 4.36. The summed E-state index contributed by atoms with van der Waals surface area (Å²) in [5, 5.41) is 0. The van der Waals surface area contributed by atoms with Crippen LogP contribution in [0.4, 0.5) is 0 Å². The van der Waals surface area contributed by atoms with E-state index in [1.165, 1.54) is 19.1 Å². The molecule has 0 aromatic heterocycles. The number of carbonyl (C=O) groups is 1. The van der Waals surface area contributed by atoms with Gasteiger partial charge in [0.15, 0.2) is 0 Å². The van der Waals surface area contributed by atoms with Crippen molar-refractivity contribution in [3.8, 4) is 0 Å². The largest absolute Gasteiger partial charge is 0.465 e. The molecule has 0 aliphatic carbocycles. The van der Waals surface area contributed by atoms with Crippen molar-refractivity contribution in [1.29, 1.82) is 0 Å². The van der Waals surface area contributed by atoms with Crippen LogP contribution in [0.1, 0.15) is 56.0 Å². The molecule has 3 nitrogen and oxygen atoms in total. The van der Waals surface area contributed by atoms with E-state index in [0.29, 0.717) is 11.5 Å². The van der Waals surface area contributed by atoms with E-state index in [0.717, 1.165) is 13.1 Å². The van der Waals surface area contributed by atoms with Crippen LogP contribution in [0.15, 0.2) is 24.3 Å². The van der Waals surface area contributed by atoms with Crippen LogP contribution in [0.2, 0.25) is 0 Å². The minimum atomic E-state index is -0.268. The smallest absolute Gasteiger partial charge is 0.337 e. The maximum absolute atomic E-state index is 11.3. The van der Waals surface area contributed by atoms with Crippen molar-refractivity contribution in [3.63, 3.8) is 0 Å². The molecule has 20 heavy (non-hydrogen) atoms. The third-order valence-electron chi connectivity index (χ3n) is 3.19. The molecule has 1 saturated heterocycles. The zero-order valence-electron chi connectivity index (χ0n) is 13.8. The van der Waals surface area contributed by atoms with E-state index in [4.69, 9.17) is 0 Å². The zero-order chi connectivity index (χ0) is 15.5. The van der Waals surface area contributed by atoms with Crippen molar-refractivity contribution >= 4 is 5.97 Å². The Hall–Kier alpha value is -1.35. The molecule has 1 heterocycles. The summed E-state index contributed by atoms with van der Waals surface area (Å²) < 4.78 is 4.67. The van der Waals surface area contributed by atoms with E-state index < -0.39 is 0 Å². The van der Waals surface area contributed by atoms with Gasteiger partial charge in [0.2, 0.25) is 0 Å². The van der Waals surface area contributed by atoms with Crippen molar-refractivity contribution in [2.45, 2.75) is 40.0 Å². The highest BCUT2D eigenvalue weighted by Gasteiger charge is 2.21. The molecule has 1 unspecified atom stereocenters. The standard InChI is InChI=1S/C13H17NO2.2C2H6/c1-14-8-7-12(9-14)10-3-5-11(6-4-10)13(15)16-2;2*1-2/h3-6,12H,7-9H2,1-2H3;2*1-2H3. The number of nitrogens with zero attached hydrogens (tertiary/aromatic N) is 1. The van der Waals surface area contributed by atoms with Gasteiger partial charge in [0.1, 0.15) is 0 Å². The number of esters is 1. The maximum Gasteiger partial charge on any atom is 0.337 e. The molecule has 0 radical (unpaired) electrons. The number of likely N-dealkylation sites (tertiary alicyclic amines) is 1. The van der Waals surface area contributed by atoms with E-state index in [1.54, 1.807) is 0 Å². The molecular formula is C17H29NO2. The molecule has 1 aliphatic rings. The van der Waals surface area contributed by atoms with Gasteiger partial charge >= 0.3 is 5.97 Å². The molecule has 1 fully saturated rings. The summed E-state index contributed by atoms with van der Waals surface area (Å²) in [6.07, 6.45) is 1.20. The SMILES string of the molecule is CC.CC.COC(=O)c1ccc(C2CCN(C)C2)cc1. The molecule has 0 N–H and O–H groups in total. The summed E-state index contributed by atoms with van der Waals surface area (Å²) in [5.41, 5.74) is 1.94. The topological polar surface area (TPSA) is 29.5 Å². The molecule has 0 spiro atoms. The third-order valence-corrected chi connectivity index (χ3v) is 3.19. The highest BCUT2D eigenvalue weighted by atomic mass is 16.5. The monoisotopic (exact) mass is 279 g/mol. The first-order valence-corrected chi connectivity index (χ1v) is 7.57. The quantitative estimate of drug-likeness (QED) is 0.768. The molecule has 0 bridgehead atoms. The average Bonchev–Trinajstić information content (AvgIpc) is 2.97. The summed E-state index contributed by atoms with van der Waals surface area (Å²) in [4.78, 5) is 13.6. The molecule has 1 atom stereocenters. The highest BCUT2D eigenvalue weighted by molar-refractivity contribution is 5.89. The number of carbonyl (C=O) groups excluding carboxylic acids is 1. The van der Waals surface area contributed by atoms with Crippen LogP contribution < -0.4 is 0 Å². The number of hydrogen-bond acceptors (Lipinski definition) is 3. The number of likely N-dealkylation sites (N-methyl/N-ethyl adjacent to an activating group) is 1. The van der Waals surface area contributed by atoms with Crippen molar-refractivity contribution in [2.24, 2.45) is 0 Å². The van der Waals surface area contributed by atoms with E-state index >= 15 is 0 Å². The lowest BCUT2D eigenvalue weighted by Gasteiger charge is -2.11. The van der Waals surface area contributed by atoms with Gasteiger partial charge in [0, 0.05) is 6.54 Å². The first-order valence-electron chi connectivity index (χ1n) is 7.57. The predicted octanol–water partition coefficient (Wildman–Crippen LogP) is 3.94. The molecule has 0 amide bonds. The van der Waals surface area contributed by atoms with Gasteiger partial charge in [-0.15, -0.1) is 0 Å². The van der Waals surface area contributed by atoms with E-state index in [-0.39, 0.29) is 5.97 Å². The summed E-state index contributed by atoms with van der Waals surface area (Å²) in [5.74, 6) is 0.340. The minimum absolute atomic E-state index is 0.268. The van der Waals surface area contributed by atoms with Crippen LogP contribution in [-0.4, -0.2) is 38.1 Å². The Kier molecular flexibility index (Phi) is 9.73. The first-order chi connectivity index (χ1) is 9.70. The van der Waals surface area contributed by atoms with Crippen molar-refractivity contribution in [2.75, 3.05) is 27.2 Å². The molecular weight excluding hydrogens is 250 g/mol. The molecule has 114 valence electrons. The fraction of sp³-hybridized carbons (Fsp3) is 0.588.